The van der Waals surface area contributed by atoms with Crippen LogP contribution in [0.1, 0.15) is 30.9 Å². The number of hydrazone groups is 1. The van der Waals surface area contributed by atoms with Gasteiger partial charge in [-0.15, -0.1) is 0 Å². The Kier molecular flexibility index (Phi) is 5.49. The molecular formula is C15H21N3OS. The van der Waals surface area contributed by atoms with E-state index in [-0.39, 0.29) is 6.10 Å². The highest BCUT2D eigenvalue weighted by Crippen LogP contribution is 2.10. The number of rotatable bonds is 4. The molecule has 1 unspecified atom stereocenters. The van der Waals surface area contributed by atoms with Crippen LogP contribution < -0.4 is 10.7 Å². The van der Waals surface area contributed by atoms with Gasteiger partial charge < -0.3 is 10.1 Å². The Balaban J connectivity index is 1.78. The van der Waals surface area contributed by atoms with Gasteiger partial charge in [0.05, 0.1) is 11.8 Å². The maximum Gasteiger partial charge on any atom is 0.187 e. The first-order valence-corrected chi connectivity index (χ1v) is 7.33. The normalized spacial score (nSPS) is 18.9. The van der Waals surface area contributed by atoms with Crippen molar-refractivity contribution in [1.29, 1.82) is 0 Å². The van der Waals surface area contributed by atoms with Crippen LogP contribution >= 0.6 is 12.2 Å². The highest BCUT2D eigenvalue weighted by atomic mass is 32.1. The van der Waals surface area contributed by atoms with E-state index in [9.17, 15) is 0 Å². The maximum atomic E-state index is 5.52. The summed E-state index contributed by atoms with van der Waals surface area (Å²) in [7, 11) is 0. The van der Waals surface area contributed by atoms with Crippen LogP contribution in [0.15, 0.2) is 29.4 Å². The lowest BCUT2D eigenvalue weighted by molar-refractivity contribution is 0.114. The molecule has 1 fully saturated rings. The Bertz CT molecular complexity index is 478. The first kappa shape index (κ1) is 14.9. The molecule has 2 rings (SSSR count). The summed E-state index contributed by atoms with van der Waals surface area (Å²) < 4.78 is 5.52. The highest BCUT2D eigenvalue weighted by Gasteiger charge is 2.15. The minimum atomic E-state index is 0.275. The van der Waals surface area contributed by atoms with Gasteiger partial charge >= 0.3 is 0 Å². The summed E-state index contributed by atoms with van der Waals surface area (Å²) in [6.07, 6.45) is 2.51. The van der Waals surface area contributed by atoms with Crippen molar-refractivity contribution in [2.24, 2.45) is 5.10 Å². The molecule has 20 heavy (non-hydrogen) atoms. The van der Waals surface area contributed by atoms with Crippen LogP contribution in [0.25, 0.3) is 0 Å². The van der Waals surface area contributed by atoms with Crippen LogP contribution in [0.5, 0.6) is 0 Å². The van der Waals surface area contributed by atoms with Gasteiger partial charge in [-0.25, -0.2) is 0 Å². The van der Waals surface area contributed by atoms with Gasteiger partial charge in [0.2, 0.25) is 0 Å². The zero-order chi connectivity index (χ0) is 14.4. The second kappa shape index (κ2) is 7.36. The Morgan fingerprint density at radius 3 is 2.80 bits per heavy atom. The predicted octanol–water partition coefficient (Wildman–Crippen LogP) is 2.36. The minimum absolute atomic E-state index is 0.275. The van der Waals surface area contributed by atoms with E-state index in [0.29, 0.717) is 5.11 Å². The van der Waals surface area contributed by atoms with Crippen LogP contribution in [0, 0.1) is 6.92 Å². The van der Waals surface area contributed by atoms with Gasteiger partial charge in [0, 0.05) is 13.2 Å². The lowest BCUT2D eigenvalue weighted by Crippen LogP contribution is -2.37. The van der Waals surface area contributed by atoms with Gasteiger partial charge in [-0.05, 0) is 44.5 Å². The van der Waals surface area contributed by atoms with Gasteiger partial charge in [-0.1, -0.05) is 29.8 Å². The molecule has 1 aromatic carbocycles. The van der Waals surface area contributed by atoms with Gasteiger partial charge in [0.25, 0.3) is 0 Å². The van der Waals surface area contributed by atoms with Gasteiger partial charge in [0.15, 0.2) is 5.11 Å². The Hall–Kier alpha value is -1.46. The SMILES string of the molecule is CC(=NNC(=S)NCC1CCCO1)c1ccc(C)cc1. The fraction of sp³-hybridized carbons (Fsp3) is 0.467. The van der Waals surface area contributed by atoms with Crippen LogP contribution in [0.4, 0.5) is 0 Å². The predicted molar refractivity (Wildman–Crippen MR) is 86.1 cm³/mol. The smallest absolute Gasteiger partial charge is 0.187 e. The van der Waals surface area contributed by atoms with Crippen LogP contribution in [-0.4, -0.2) is 30.1 Å². The number of thiocarbonyl (C=S) groups is 1. The molecule has 1 aliphatic rings. The molecule has 108 valence electrons. The van der Waals surface area contributed by atoms with E-state index in [0.717, 1.165) is 37.3 Å². The third kappa shape index (κ3) is 4.58. The molecule has 1 saturated heterocycles. The average Bonchev–Trinajstić information content (AvgIpc) is 2.96. The van der Waals surface area contributed by atoms with Gasteiger partial charge in [-0.3, -0.25) is 5.43 Å². The number of hydrogen-bond donors (Lipinski definition) is 2. The molecule has 1 atom stereocenters. The van der Waals surface area contributed by atoms with E-state index in [4.69, 9.17) is 17.0 Å². The Morgan fingerprint density at radius 2 is 2.15 bits per heavy atom. The summed E-state index contributed by atoms with van der Waals surface area (Å²) in [5.41, 5.74) is 6.11. The largest absolute Gasteiger partial charge is 0.376 e. The number of hydrogen-bond acceptors (Lipinski definition) is 3. The molecular weight excluding hydrogens is 270 g/mol. The van der Waals surface area contributed by atoms with Crippen molar-refractivity contribution in [3.8, 4) is 0 Å². The zero-order valence-corrected chi connectivity index (χ0v) is 12.8. The summed E-state index contributed by atoms with van der Waals surface area (Å²) in [6.45, 7) is 5.63. The van der Waals surface area contributed by atoms with Crippen molar-refractivity contribution in [3.63, 3.8) is 0 Å². The summed E-state index contributed by atoms with van der Waals surface area (Å²) in [4.78, 5) is 0. The van der Waals surface area contributed by atoms with Crippen molar-refractivity contribution in [3.05, 3.63) is 35.4 Å². The van der Waals surface area contributed by atoms with Crippen LogP contribution in [0.2, 0.25) is 0 Å². The van der Waals surface area contributed by atoms with E-state index >= 15 is 0 Å². The van der Waals surface area contributed by atoms with Gasteiger partial charge in [-0.2, -0.15) is 5.10 Å². The molecule has 4 nitrogen and oxygen atoms in total. The number of ether oxygens (including phenoxy) is 1. The van der Waals surface area contributed by atoms with Crippen molar-refractivity contribution >= 4 is 23.0 Å². The monoisotopic (exact) mass is 291 g/mol. The standard InChI is InChI=1S/C15H21N3OS/c1-11-5-7-13(8-6-11)12(2)17-18-15(20)16-10-14-4-3-9-19-14/h5-8,14H,3-4,9-10H2,1-2H3,(H2,16,18,20). The molecule has 0 saturated carbocycles. The number of benzene rings is 1. The lowest BCUT2D eigenvalue weighted by Gasteiger charge is -2.12. The fourth-order valence-corrected chi connectivity index (χ4v) is 2.17. The molecule has 2 N–H and O–H groups in total. The minimum Gasteiger partial charge on any atom is -0.376 e. The van der Waals surface area contributed by atoms with E-state index in [2.05, 4.69) is 47.0 Å². The first-order chi connectivity index (χ1) is 9.65. The number of aryl methyl sites for hydroxylation is 1. The van der Waals surface area contributed by atoms with Crippen molar-refractivity contribution in [2.75, 3.05) is 13.2 Å². The third-order valence-corrected chi connectivity index (χ3v) is 3.54. The first-order valence-electron chi connectivity index (χ1n) is 6.92. The molecule has 0 aromatic heterocycles. The van der Waals surface area contributed by atoms with Crippen LogP contribution in [-0.2, 0) is 4.74 Å². The van der Waals surface area contributed by atoms with E-state index in [1.165, 1.54) is 5.56 Å². The second-order valence-electron chi connectivity index (χ2n) is 5.02. The quantitative estimate of drug-likeness (QED) is 0.508. The molecule has 5 heteroatoms. The molecule has 0 amide bonds. The van der Waals surface area contributed by atoms with Crippen molar-refractivity contribution in [1.82, 2.24) is 10.7 Å². The van der Waals surface area contributed by atoms with Crippen molar-refractivity contribution < 1.29 is 4.74 Å². The molecule has 0 spiro atoms. The number of nitrogens with one attached hydrogen (secondary N) is 2. The maximum absolute atomic E-state index is 5.52. The number of nitrogens with zero attached hydrogens (tertiary/aromatic N) is 1. The van der Waals surface area contributed by atoms with E-state index in [1.807, 2.05) is 6.92 Å². The van der Waals surface area contributed by atoms with Gasteiger partial charge in [0.1, 0.15) is 0 Å². The molecule has 1 heterocycles. The molecule has 0 aliphatic carbocycles. The molecule has 0 radical (unpaired) electrons. The molecule has 1 aliphatic heterocycles. The molecule has 0 bridgehead atoms. The summed E-state index contributed by atoms with van der Waals surface area (Å²) >= 11 is 5.19. The fourth-order valence-electron chi connectivity index (χ4n) is 2.05. The third-order valence-electron chi connectivity index (χ3n) is 3.31. The Morgan fingerprint density at radius 1 is 1.40 bits per heavy atom. The highest BCUT2D eigenvalue weighted by molar-refractivity contribution is 7.80. The summed E-state index contributed by atoms with van der Waals surface area (Å²) in [5, 5.41) is 7.95. The zero-order valence-electron chi connectivity index (χ0n) is 12.0. The summed E-state index contributed by atoms with van der Waals surface area (Å²) in [6, 6.07) is 8.25. The van der Waals surface area contributed by atoms with E-state index < -0.39 is 0 Å². The average molecular weight is 291 g/mol. The second-order valence-corrected chi connectivity index (χ2v) is 5.43. The van der Waals surface area contributed by atoms with E-state index in [1.54, 1.807) is 0 Å². The van der Waals surface area contributed by atoms with Crippen LogP contribution in [0.3, 0.4) is 0 Å². The topological polar surface area (TPSA) is 45.7 Å². The molecule has 1 aromatic rings. The lowest BCUT2D eigenvalue weighted by atomic mass is 10.1. The Labute approximate surface area is 125 Å². The summed E-state index contributed by atoms with van der Waals surface area (Å²) in [5.74, 6) is 0. The van der Waals surface area contributed by atoms with Crippen molar-refractivity contribution in [2.45, 2.75) is 32.8 Å².